The van der Waals surface area contributed by atoms with Gasteiger partial charge in [0.05, 0.1) is 18.6 Å². The molecule has 70 heavy (non-hydrogen) atoms. The Hall–Kier alpha value is -7.55. The quantitative estimate of drug-likeness (QED) is 0.0695. The van der Waals surface area contributed by atoms with Crippen molar-refractivity contribution in [3.63, 3.8) is 0 Å². The molecule has 6 rings (SSSR count). The molecule has 17 heteroatoms. The number of nitrogens with one attached hydrogen (secondary N) is 7. The molecule has 3 aromatic carbocycles. The molecule has 1 aliphatic heterocycles. The number of fused-ring (bicyclic) bond motifs is 2. The summed E-state index contributed by atoms with van der Waals surface area (Å²) in [4.78, 5) is 106. The van der Waals surface area contributed by atoms with Gasteiger partial charge in [-0.15, -0.1) is 6.58 Å². The van der Waals surface area contributed by atoms with E-state index in [4.69, 9.17) is 11.5 Å². The Morgan fingerprint density at radius 1 is 0.771 bits per heavy atom. The summed E-state index contributed by atoms with van der Waals surface area (Å²) in [6.45, 7) is 8.14. The lowest BCUT2D eigenvalue weighted by molar-refractivity contribution is -0.135. The molecule has 6 amide bonds. The van der Waals surface area contributed by atoms with E-state index in [1.165, 1.54) is 13.8 Å². The predicted molar refractivity (Wildman–Crippen MR) is 268 cm³/mol. The first-order valence-corrected chi connectivity index (χ1v) is 23.7. The first-order chi connectivity index (χ1) is 33.7. The van der Waals surface area contributed by atoms with E-state index >= 15 is 0 Å². The van der Waals surface area contributed by atoms with E-state index in [0.29, 0.717) is 31.5 Å². The molecule has 1 aliphatic rings. The molecule has 368 valence electrons. The lowest BCUT2D eigenvalue weighted by Gasteiger charge is -2.26. The minimum absolute atomic E-state index is 0.00567. The Labute approximate surface area is 407 Å². The fraction of sp³-hybridized carbons (Fsp3) is 0.377. The van der Waals surface area contributed by atoms with Crippen molar-refractivity contribution in [2.75, 3.05) is 19.6 Å². The highest BCUT2D eigenvalue weighted by Crippen LogP contribution is 2.24. The monoisotopic (exact) mass is 952 g/mol. The van der Waals surface area contributed by atoms with Gasteiger partial charge < -0.3 is 48.0 Å². The van der Waals surface area contributed by atoms with Crippen molar-refractivity contribution in [1.82, 2.24) is 41.5 Å². The fourth-order valence-electron chi connectivity index (χ4n) is 8.50. The van der Waals surface area contributed by atoms with Gasteiger partial charge in [-0.1, -0.05) is 84.6 Å². The number of carbonyl (C=O) groups is 7. The zero-order valence-corrected chi connectivity index (χ0v) is 39.7. The average molecular weight is 953 g/mol. The van der Waals surface area contributed by atoms with E-state index in [-0.39, 0.29) is 45.1 Å². The van der Waals surface area contributed by atoms with E-state index in [1.54, 1.807) is 18.5 Å². The van der Waals surface area contributed by atoms with Crippen LogP contribution in [0.1, 0.15) is 62.6 Å². The summed E-state index contributed by atoms with van der Waals surface area (Å²) in [5.74, 6) is 0.645. The number of para-hydroxylation sites is 2. The molecule has 0 saturated heterocycles. The van der Waals surface area contributed by atoms with E-state index in [9.17, 15) is 33.6 Å². The number of Topliss-reactive ketones (excluding diaryl/α,β-unsaturated/α-hetero) is 1. The van der Waals surface area contributed by atoms with Crippen LogP contribution in [0.15, 0.2) is 104 Å². The van der Waals surface area contributed by atoms with Crippen LogP contribution in [0.5, 0.6) is 0 Å². The van der Waals surface area contributed by atoms with Crippen molar-refractivity contribution >= 4 is 63.0 Å². The maximum atomic E-state index is 14.7. The van der Waals surface area contributed by atoms with Crippen LogP contribution < -0.4 is 38.1 Å². The summed E-state index contributed by atoms with van der Waals surface area (Å²) < 4.78 is 0. The largest absolute Gasteiger partial charge is 0.368 e. The van der Waals surface area contributed by atoms with Gasteiger partial charge in [0.15, 0.2) is 5.78 Å². The van der Waals surface area contributed by atoms with Gasteiger partial charge in [-0.3, -0.25) is 38.5 Å². The number of nitrogens with zero attached hydrogens (tertiary/aromatic N) is 1. The number of primary amides is 1. The van der Waals surface area contributed by atoms with Crippen molar-refractivity contribution in [2.24, 2.45) is 17.4 Å². The highest BCUT2D eigenvalue weighted by Gasteiger charge is 2.34. The van der Waals surface area contributed by atoms with E-state index in [0.717, 1.165) is 32.9 Å². The predicted octanol–water partition coefficient (Wildman–Crippen LogP) is 2.59. The molecule has 2 aromatic heterocycles. The Kier molecular flexibility index (Phi) is 18.6. The molecule has 0 radical (unpaired) electrons. The molecule has 0 fully saturated rings. The fourth-order valence-corrected chi connectivity index (χ4v) is 8.50. The Bertz CT molecular complexity index is 2720. The molecular weight excluding hydrogens is 889 g/mol. The van der Waals surface area contributed by atoms with Crippen LogP contribution in [0.3, 0.4) is 0 Å². The summed E-state index contributed by atoms with van der Waals surface area (Å²) in [6, 6.07) is 17.4. The zero-order valence-electron chi connectivity index (χ0n) is 39.7. The maximum Gasteiger partial charge on any atom is 0.244 e. The summed E-state index contributed by atoms with van der Waals surface area (Å²) in [5, 5.41) is 15.7. The minimum Gasteiger partial charge on any atom is -0.368 e. The molecular formula is C53H64N10O7. The van der Waals surface area contributed by atoms with E-state index < -0.39 is 83.4 Å². The minimum atomic E-state index is -1.24. The summed E-state index contributed by atoms with van der Waals surface area (Å²) in [6.07, 6.45) is 6.26. The van der Waals surface area contributed by atoms with Crippen molar-refractivity contribution in [3.8, 4) is 11.8 Å². The van der Waals surface area contributed by atoms with Gasteiger partial charge in [-0.2, -0.15) is 0 Å². The number of hydrogen-bond acceptors (Lipinski definition) is 9. The number of ketones is 1. The van der Waals surface area contributed by atoms with Crippen molar-refractivity contribution in [3.05, 3.63) is 121 Å². The number of rotatable bonds is 11. The number of aromatic amines is 2. The number of nitrogens with two attached hydrogens (primary N) is 2. The maximum absolute atomic E-state index is 14.7. The van der Waals surface area contributed by atoms with E-state index in [1.807, 2.05) is 83.8 Å². The Balaban J connectivity index is 1.35. The molecule has 3 heterocycles. The molecule has 11 N–H and O–H groups in total. The van der Waals surface area contributed by atoms with Gasteiger partial charge in [0.2, 0.25) is 35.4 Å². The molecule has 0 unspecified atom stereocenters. The van der Waals surface area contributed by atoms with Crippen LogP contribution in [0, 0.1) is 17.8 Å². The lowest BCUT2D eigenvalue weighted by Crippen LogP contribution is -2.57. The number of H-pyrrole nitrogens is 2. The third-order valence-corrected chi connectivity index (χ3v) is 12.5. The number of benzene rings is 3. The van der Waals surface area contributed by atoms with Crippen LogP contribution in [-0.4, -0.2) is 112 Å². The summed E-state index contributed by atoms with van der Waals surface area (Å²) >= 11 is 0. The van der Waals surface area contributed by atoms with Crippen LogP contribution in [0.2, 0.25) is 0 Å². The van der Waals surface area contributed by atoms with Gasteiger partial charge >= 0.3 is 0 Å². The number of amides is 6. The lowest BCUT2D eigenvalue weighted by atomic mass is 9.90. The van der Waals surface area contributed by atoms with Gasteiger partial charge in [0, 0.05) is 72.3 Å². The first kappa shape index (κ1) is 51.8. The van der Waals surface area contributed by atoms with Gasteiger partial charge in [0.1, 0.15) is 24.2 Å². The average Bonchev–Trinajstić information content (AvgIpc) is 3.95. The highest BCUT2D eigenvalue weighted by molar-refractivity contribution is 5.98. The second kappa shape index (κ2) is 25.2. The van der Waals surface area contributed by atoms with Crippen LogP contribution >= 0.6 is 0 Å². The van der Waals surface area contributed by atoms with E-state index in [2.05, 4.69) is 55.0 Å². The topological polar surface area (TPSA) is 266 Å². The molecule has 0 saturated carbocycles. The Morgan fingerprint density at radius 2 is 1.37 bits per heavy atom. The zero-order chi connectivity index (χ0) is 50.2. The number of aromatic nitrogens is 2. The SMILES string of the molecule is C=CCN1CC#CC[C@H](NC(=O)[C@H](C)N)C(=O)N[C@H](Cc2c[nH]c3ccccc23)C(=O)N[C@@H](C)C(=O)C[C@@H](Cc2c[nH]c3ccccc23)C(=O)N[C@H](Cc2ccccc2)C(=O)N[C@H](C(N)=O)CCCC1. The highest BCUT2D eigenvalue weighted by atomic mass is 16.2. The molecule has 7 atom stereocenters. The Morgan fingerprint density at radius 3 is 2.01 bits per heavy atom. The third-order valence-electron chi connectivity index (χ3n) is 12.5. The smallest absolute Gasteiger partial charge is 0.244 e. The van der Waals surface area contributed by atoms with Crippen LogP contribution in [-0.2, 0) is 52.8 Å². The summed E-state index contributed by atoms with van der Waals surface area (Å²) in [5.41, 5.74) is 15.6. The third kappa shape index (κ3) is 14.5. The standard InChI is InChI=1S/C53H64N10O7/c1-4-24-63-25-14-12-22-43(48(55)65)59-53(70)45(27-35-16-6-5-7-17-35)61-50(67)36(28-37-31-56-41-20-10-8-18-39(37)41)30-47(64)34(3)58-52(69)46(29-38-32-57-42-21-11-9-19-40(38)42)62-51(68)44(23-13-15-26-63)60-49(66)33(2)54/h4-11,16-21,31-34,36,43-46,56-57H,1,12,14,22-30,54H2,2-3H3,(H2,55,65)(H,58,69)(H,59,70)(H,60,66)(H,61,67)(H,62,68)/t33-,34-,36+,43-,44-,45+,46+/m0/s1. The molecule has 0 spiro atoms. The van der Waals surface area contributed by atoms with Gasteiger partial charge in [-0.05, 0) is 74.9 Å². The normalized spacial score (nSPS) is 22.5. The van der Waals surface area contributed by atoms with Crippen LogP contribution in [0.25, 0.3) is 21.8 Å². The second-order valence-electron chi connectivity index (χ2n) is 17.9. The van der Waals surface area contributed by atoms with Crippen molar-refractivity contribution in [1.29, 1.82) is 0 Å². The molecule has 5 aromatic rings. The van der Waals surface area contributed by atoms with Gasteiger partial charge in [-0.25, -0.2) is 0 Å². The molecule has 17 nitrogen and oxygen atoms in total. The van der Waals surface area contributed by atoms with Crippen molar-refractivity contribution < 1.29 is 33.6 Å². The second-order valence-corrected chi connectivity index (χ2v) is 17.9. The first-order valence-electron chi connectivity index (χ1n) is 23.7. The van der Waals surface area contributed by atoms with Crippen LogP contribution in [0.4, 0.5) is 0 Å². The number of hydrogen-bond donors (Lipinski definition) is 9. The van der Waals surface area contributed by atoms with Gasteiger partial charge in [0.25, 0.3) is 0 Å². The molecule has 0 bridgehead atoms. The summed E-state index contributed by atoms with van der Waals surface area (Å²) in [7, 11) is 0. The van der Waals surface area contributed by atoms with Crippen molar-refractivity contribution in [2.45, 2.75) is 101 Å². The molecule has 0 aliphatic carbocycles. The number of carbonyl (C=O) groups excluding carboxylic acids is 7.